The molecule has 0 radical (unpaired) electrons. The minimum Gasteiger partial charge on any atom is -0.322 e. The van der Waals surface area contributed by atoms with E-state index in [-0.39, 0.29) is 11.8 Å². The van der Waals surface area contributed by atoms with E-state index < -0.39 is 6.04 Å². The van der Waals surface area contributed by atoms with Crippen molar-refractivity contribution < 1.29 is 9.59 Å². The fourth-order valence-electron chi connectivity index (χ4n) is 4.38. The number of carbonyl (C=O) groups is 2. The van der Waals surface area contributed by atoms with Crippen LogP contribution in [0.15, 0.2) is 22.1 Å². The zero-order valence-electron chi connectivity index (χ0n) is 16.3. The Balaban J connectivity index is 1.54. The summed E-state index contributed by atoms with van der Waals surface area (Å²) in [4.78, 5) is 32.2. The van der Waals surface area contributed by atoms with Crippen LogP contribution >= 0.6 is 50.5 Å². The van der Waals surface area contributed by atoms with Gasteiger partial charge < -0.3 is 10.2 Å². The number of fused-ring (bicyclic) bond motifs is 1. The number of aromatic nitrogens is 1. The third-order valence-electron chi connectivity index (χ3n) is 5.94. The molecule has 30 heavy (non-hydrogen) atoms. The topological polar surface area (TPSA) is 62.3 Å². The van der Waals surface area contributed by atoms with Gasteiger partial charge in [-0.15, -0.1) is 0 Å². The number of carbonyl (C=O) groups excluding carboxylic acids is 2. The summed E-state index contributed by atoms with van der Waals surface area (Å²) in [5.74, 6) is 0.241. The van der Waals surface area contributed by atoms with Crippen molar-refractivity contribution in [1.82, 2.24) is 9.88 Å². The maximum atomic E-state index is 13.2. The average molecular weight is 531 g/mol. The molecule has 2 heterocycles. The highest BCUT2D eigenvalue weighted by Gasteiger charge is 2.37. The van der Waals surface area contributed by atoms with Crippen molar-refractivity contribution >= 4 is 67.4 Å². The third kappa shape index (κ3) is 4.85. The molecule has 4 rings (SSSR count). The first kappa shape index (κ1) is 22.1. The van der Waals surface area contributed by atoms with Crippen LogP contribution in [0.2, 0.25) is 10.0 Å². The smallest absolute Gasteiger partial charge is 0.255 e. The quantitative estimate of drug-likeness (QED) is 0.461. The lowest BCUT2D eigenvalue weighted by Gasteiger charge is -2.29. The molecule has 2 aromatic rings. The van der Waals surface area contributed by atoms with Gasteiger partial charge in [0.1, 0.15) is 6.04 Å². The molecule has 5 nitrogen and oxygen atoms in total. The van der Waals surface area contributed by atoms with Crippen LogP contribution in [0, 0.1) is 5.92 Å². The van der Waals surface area contributed by atoms with Crippen molar-refractivity contribution in [3.05, 3.63) is 43.3 Å². The summed E-state index contributed by atoms with van der Waals surface area (Å²) in [6.45, 7) is 0.357. The van der Waals surface area contributed by atoms with Crippen LogP contribution in [-0.4, -0.2) is 27.7 Å². The summed E-state index contributed by atoms with van der Waals surface area (Å²) in [5, 5.41) is 4.17. The number of hydrogen-bond donors (Lipinski definition) is 1. The molecule has 1 fully saturated rings. The Morgan fingerprint density at radius 2 is 2.00 bits per heavy atom. The number of thiazole rings is 1. The van der Waals surface area contributed by atoms with Crippen LogP contribution in [0.3, 0.4) is 0 Å². The van der Waals surface area contributed by atoms with Crippen molar-refractivity contribution in [3.8, 4) is 0 Å². The van der Waals surface area contributed by atoms with Gasteiger partial charge in [0.15, 0.2) is 5.13 Å². The number of anilines is 1. The lowest BCUT2D eigenvalue weighted by molar-refractivity contribution is -0.121. The van der Waals surface area contributed by atoms with Crippen LogP contribution in [0.4, 0.5) is 5.13 Å². The van der Waals surface area contributed by atoms with E-state index in [9.17, 15) is 9.59 Å². The molecule has 0 saturated heterocycles. The number of rotatable bonds is 6. The molecular formula is C21H22BrCl2N3O2S. The summed E-state index contributed by atoms with van der Waals surface area (Å²) in [5.41, 5.74) is 1.33. The van der Waals surface area contributed by atoms with Gasteiger partial charge in [0, 0.05) is 12.1 Å². The van der Waals surface area contributed by atoms with E-state index in [2.05, 4.69) is 26.2 Å². The van der Waals surface area contributed by atoms with Crippen LogP contribution in [-0.2, 0) is 11.3 Å². The van der Waals surface area contributed by atoms with Gasteiger partial charge in [0.2, 0.25) is 5.91 Å². The normalized spacial score (nSPS) is 17.8. The van der Waals surface area contributed by atoms with Crippen LogP contribution in [0.25, 0.3) is 0 Å². The Morgan fingerprint density at radius 3 is 2.70 bits per heavy atom. The van der Waals surface area contributed by atoms with Crippen molar-refractivity contribution in [1.29, 1.82) is 0 Å². The molecule has 0 bridgehead atoms. The minimum absolute atomic E-state index is 0.173. The van der Waals surface area contributed by atoms with Gasteiger partial charge >= 0.3 is 0 Å². The second kappa shape index (κ2) is 9.55. The number of amides is 2. The molecule has 9 heteroatoms. The van der Waals surface area contributed by atoms with Gasteiger partial charge in [-0.25, -0.2) is 4.98 Å². The molecular weight excluding hydrogens is 509 g/mol. The molecule has 1 aromatic heterocycles. The summed E-state index contributed by atoms with van der Waals surface area (Å²) in [6.07, 6.45) is 9.41. The monoisotopic (exact) mass is 529 g/mol. The molecule has 0 spiro atoms. The Hall–Kier alpha value is -1.15. The van der Waals surface area contributed by atoms with E-state index in [0.717, 1.165) is 15.8 Å². The molecule has 1 aliphatic heterocycles. The Labute approximate surface area is 198 Å². The van der Waals surface area contributed by atoms with Crippen LogP contribution in [0.1, 0.15) is 60.9 Å². The number of halogens is 3. The molecule has 1 unspecified atom stereocenters. The van der Waals surface area contributed by atoms with Crippen LogP contribution in [0.5, 0.6) is 0 Å². The Morgan fingerprint density at radius 1 is 1.27 bits per heavy atom. The molecule has 1 atom stereocenters. The summed E-state index contributed by atoms with van der Waals surface area (Å²) in [7, 11) is 0. The zero-order chi connectivity index (χ0) is 21.3. The lowest BCUT2D eigenvalue weighted by atomic mass is 9.85. The van der Waals surface area contributed by atoms with Crippen molar-refractivity contribution in [3.63, 3.8) is 0 Å². The molecule has 160 valence electrons. The highest BCUT2D eigenvalue weighted by atomic mass is 79.9. The van der Waals surface area contributed by atoms with Crippen molar-refractivity contribution in [2.24, 2.45) is 5.92 Å². The summed E-state index contributed by atoms with van der Waals surface area (Å²) >= 11 is 17.0. The Kier molecular flexibility index (Phi) is 7.02. The van der Waals surface area contributed by atoms with Gasteiger partial charge in [-0.05, 0) is 52.4 Å². The largest absolute Gasteiger partial charge is 0.322 e. The number of nitrogens with one attached hydrogen (secondary N) is 1. The standard InChI is InChI=1S/C21H22BrCl2N3O2S/c22-18-10-25-21(30-18)26-19(28)17(7-6-12-4-2-1-3-5-12)27-11-13-8-15(23)16(24)9-14(13)20(27)29/h8-10,12,17H,1-7,11H2,(H,25,26,28). The number of benzene rings is 1. The maximum Gasteiger partial charge on any atom is 0.255 e. The fourth-order valence-corrected chi connectivity index (χ4v) is 5.84. The predicted molar refractivity (Wildman–Crippen MR) is 124 cm³/mol. The first-order valence-corrected chi connectivity index (χ1v) is 12.5. The highest BCUT2D eigenvalue weighted by molar-refractivity contribution is 9.11. The van der Waals surface area contributed by atoms with E-state index >= 15 is 0 Å². The van der Waals surface area contributed by atoms with E-state index in [0.29, 0.717) is 39.6 Å². The minimum atomic E-state index is -0.563. The van der Waals surface area contributed by atoms with Gasteiger partial charge in [-0.2, -0.15) is 0 Å². The fraction of sp³-hybridized carbons (Fsp3) is 0.476. The van der Waals surface area contributed by atoms with Gasteiger partial charge in [-0.1, -0.05) is 66.6 Å². The third-order valence-corrected chi connectivity index (χ3v) is 8.05. The van der Waals surface area contributed by atoms with Gasteiger partial charge in [-0.3, -0.25) is 9.59 Å². The average Bonchev–Trinajstić information content (AvgIpc) is 3.27. The van der Waals surface area contributed by atoms with E-state index in [4.69, 9.17) is 23.2 Å². The predicted octanol–water partition coefficient (Wildman–Crippen LogP) is 6.54. The second-order valence-electron chi connectivity index (χ2n) is 7.91. The molecule has 1 aromatic carbocycles. The molecule has 1 N–H and O–H groups in total. The molecule has 2 aliphatic rings. The first-order valence-electron chi connectivity index (χ1n) is 10.1. The Bertz CT molecular complexity index is 962. The summed E-state index contributed by atoms with van der Waals surface area (Å²) < 4.78 is 0.838. The first-order chi connectivity index (χ1) is 14.4. The van der Waals surface area contributed by atoms with E-state index in [1.54, 1.807) is 23.2 Å². The molecule has 1 saturated carbocycles. The van der Waals surface area contributed by atoms with E-state index in [1.807, 2.05) is 0 Å². The zero-order valence-corrected chi connectivity index (χ0v) is 20.2. The lowest BCUT2D eigenvalue weighted by Crippen LogP contribution is -2.44. The van der Waals surface area contributed by atoms with Crippen molar-refractivity contribution in [2.45, 2.75) is 57.5 Å². The van der Waals surface area contributed by atoms with Gasteiger partial charge in [0.25, 0.3) is 5.91 Å². The molecule has 2 amide bonds. The maximum absolute atomic E-state index is 13.2. The van der Waals surface area contributed by atoms with Gasteiger partial charge in [0.05, 0.1) is 20.0 Å². The van der Waals surface area contributed by atoms with Crippen molar-refractivity contribution in [2.75, 3.05) is 5.32 Å². The summed E-state index contributed by atoms with van der Waals surface area (Å²) in [6, 6.07) is 2.77. The highest BCUT2D eigenvalue weighted by Crippen LogP contribution is 2.35. The SMILES string of the molecule is O=C(Nc1ncc(Br)s1)C(CCC1CCCCC1)N1Cc2cc(Cl)c(Cl)cc2C1=O. The second-order valence-corrected chi connectivity index (χ2v) is 11.1. The number of hydrogen-bond acceptors (Lipinski definition) is 4. The van der Waals surface area contributed by atoms with E-state index in [1.165, 1.54) is 43.4 Å². The van der Waals surface area contributed by atoms with Crippen LogP contribution < -0.4 is 5.32 Å². The number of nitrogens with zero attached hydrogens (tertiary/aromatic N) is 2. The molecule has 1 aliphatic carbocycles.